The molecule has 130 valence electrons. The van der Waals surface area contributed by atoms with Gasteiger partial charge >= 0.3 is 11.6 Å². The van der Waals surface area contributed by atoms with Crippen molar-refractivity contribution < 1.29 is 23.4 Å². The van der Waals surface area contributed by atoms with E-state index in [2.05, 4.69) is 0 Å². The minimum absolute atomic E-state index is 0.197. The maximum Gasteiger partial charge on any atom is 0.336 e. The Morgan fingerprint density at radius 1 is 1.08 bits per heavy atom. The number of rotatable bonds is 3. The van der Waals surface area contributed by atoms with Gasteiger partial charge in [0, 0.05) is 23.6 Å². The van der Waals surface area contributed by atoms with Crippen LogP contribution in [0.1, 0.15) is 11.1 Å². The summed E-state index contributed by atoms with van der Waals surface area (Å²) in [4.78, 5) is 23.5. The standard InChI is InChI=1S/C20H14O6/c1-12-8-20(22)26-17-10-14(4-5-15(12)17)25-19(21)7-3-13-2-6-16-18(9-13)24-11-23-16/h2-10H,11H2,1H3/b7-3+. The lowest BCUT2D eigenvalue weighted by atomic mass is 10.1. The van der Waals surface area contributed by atoms with Gasteiger partial charge in [-0.25, -0.2) is 9.59 Å². The number of esters is 1. The van der Waals surface area contributed by atoms with E-state index in [0.29, 0.717) is 22.8 Å². The smallest absolute Gasteiger partial charge is 0.336 e. The molecule has 2 heterocycles. The lowest BCUT2D eigenvalue weighted by Crippen LogP contribution is -2.04. The summed E-state index contributed by atoms with van der Waals surface area (Å²) in [6.07, 6.45) is 2.93. The zero-order valence-corrected chi connectivity index (χ0v) is 13.9. The summed E-state index contributed by atoms with van der Waals surface area (Å²) in [5.74, 6) is 1.07. The highest BCUT2D eigenvalue weighted by atomic mass is 16.7. The second kappa shape index (κ2) is 6.40. The van der Waals surface area contributed by atoms with E-state index in [9.17, 15) is 9.59 Å². The van der Waals surface area contributed by atoms with Crippen LogP contribution in [0.3, 0.4) is 0 Å². The van der Waals surface area contributed by atoms with E-state index < -0.39 is 11.6 Å². The molecule has 0 fully saturated rings. The van der Waals surface area contributed by atoms with Crippen LogP contribution in [0.5, 0.6) is 17.2 Å². The van der Waals surface area contributed by atoms with E-state index in [0.717, 1.165) is 16.5 Å². The van der Waals surface area contributed by atoms with Crippen LogP contribution in [-0.2, 0) is 4.79 Å². The monoisotopic (exact) mass is 350 g/mol. The summed E-state index contributed by atoms with van der Waals surface area (Å²) in [6.45, 7) is 2.02. The fourth-order valence-corrected chi connectivity index (χ4v) is 2.70. The topological polar surface area (TPSA) is 75.0 Å². The Hall–Kier alpha value is -3.54. The number of carbonyl (C=O) groups excluding carboxylic acids is 1. The fraction of sp³-hybridized carbons (Fsp3) is 0.100. The van der Waals surface area contributed by atoms with Crippen LogP contribution in [0.15, 0.2) is 57.8 Å². The molecule has 4 rings (SSSR count). The average molecular weight is 350 g/mol. The fourth-order valence-electron chi connectivity index (χ4n) is 2.70. The number of ether oxygens (including phenoxy) is 3. The normalized spacial score (nSPS) is 12.7. The van der Waals surface area contributed by atoms with E-state index in [1.165, 1.54) is 18.2 Å². The summed E-state index contributed by atoms with van der Waals surface area (Å²) >= 11 is 0. The number of hydrogen-bond donors (Lipinski definition) is 0. The molecule has 0 spiro atoms. The van der Waals surface area contributed by atoms with Crippen LogP contribution in [0, 0.1) is 6.92 Å². The highest BCUT2D eigenvalue weighted by Gasteiger charge is 2.12. The minimum Gasteiger partial charge on any atom is -0.454 e. The highest BCUT2D eigenvalue weighted by Crippen LogP contribution is 2.32. The van der Waals surface area contributed by atoms with Gasteiger partial charge in [0.05, 0.1) is 0 Å². The third-order valence-corrected chi connectivity index (χ3v) is 3.95. The number of hydrogen-bond acceptors (Lipinski definition) is 6. The van der Waals surface area contributed by atoms with Gasteiger partial charge in [-0.15, -0.1) is 0 Å². The first-order valence-corrected chi connectivity index (χ1v) is 7.92. The number of carbonyl (C=O) groups is 1. The zero-order chi connectivity index (χ0) is 18.1. The molecular weight excluding hydrogens is 336 g/mol. The van der Waals surface area contributed by atoms with Gasteiger partial charge in [0.15, 0.2) is 11.5 Å². The number of benzene rings is 2. The van der Waals surface area contributed by atoms with Gasteiger partial charge in [-0.1, -0.05) is 6.07 Å². The van der Waals surface area contributed by atoms with Gasteiger partial charge in [0.25, 0.3) is 0 Å². The van der Waals surface area contributed by atoms with Crippen molar-refractivity contribution in [1.82, 2.24) is 0 Å². The summed E-state index contributed by atoms with van der Waals surface area (Å²) in [7, 11) is 0. The molecule has 26 heavy (non-hydrogen) atoms. The van der Waals surface area contributed by atoms with Crippen LogP contribution in [-0.4, -0.2) is 12.8 Å². The van der Waals surface area contributed by atoms with Gasteiger partial charge in [0.2, 0.25) is 6.79 Å². The summed E-state index contributed by atoms with van der Waals surface area (Å²) in [5, 5.41) is 0.792. The van der Waals surface area contributed by atoms with Gasteiger partial charge in [-0.3, -0.25) is 0 Å². The molecule has 0 bridgehead atoms. The molecule has 1 aliphatic heterocycles. The molecule has 6 heteroatoms. The van der Waals surface area contributed by atoms with Crippen LogP contribution in [0.4, 0.5) is 0 Å². The Morgan fingerprint density at radius 2 is 1.92 bits per heavy atom. The Bertz CT molecular complexity index is 1090. The van der Waals surface area contributed by atoms with Crippen LogP contribution in [0.25, 0.3) is 17.0 Å². The van der Waals surface area contributed by atoms with Crippen LogP contribution < -0.4 is 19.8 Å². The van der Waals surface area contributed by atoms with E-state index in [4.69, 9.17) is 18.6 Å². The van der Waals surface area contributed by atoms with E-state index in [1.807, 2.05) is 13.0 Å². The number of fused-ring (bicyclic) bond motifs is 2. The predicted octanol–water partition coefficient (Wildman–Crippen LogP) is 3.45. The third-order valence-electron chi connectivity index (χ3n) is 3.95. The predicted molar refractivity (Wildman–Crippen MR) is 94.5 cm³/mol. The maximum absolute atomic E-state index is 12.0. The van der Waals surface area contributed by atoms with Crippen LogP contribution in [0.2, 0.25) is 0 Å². The van der Waals surface area contributed by atoms with Crippen molar-refractivity contribution in [3.8, 4) is 17.2 Å². The second-order valence-corrected chi connectivity index (χ2v) is 5.77. The summed E-state index contributed by atoms with van der Waals surface area (Å²) in [6, 6.07) is 11.7. The lowest BCUT2D eigenvalue weighted by molar-refractivity contribution is -0.128. The molecule has 0 aliphatic carbocycles. The third kappa shape index (κ3) is 3.17. The Kier molecular flexibility index (Phi) is 3.93. The molecule has 0 atom stereocenters. The molecule has 1 aromatic heterocycles. The molecule has 0 saturated carbocycles. The van der Waals surface area contributed by atoms with Gasteiger partial charge in [-0.2, -0.15) is 0 Å². The van der Waals surface area contributed by atoms with Crippen molar-refractivity contribution in [2.75, 3.05) is 6.79 Å². The van der Waals surface area contributed by atoms with E-state index in [-0.39, 0.29) is 6.79 Å². The number of aryl methyl sites for hydroxylation is 1. The van der Waals surface area contributed by atoms with Crippen molar-refractivity contribution in [2.45, 2.75) is 6.92 Å². The molecule has 0 N–H and O–H groups in total. The van der Waals surface area contributed by atoms with Crippen molar-refractivity contribution in [3.63, 3.8) is 0 Å². The first-order valence-electron chi connectivity index (χ1n) is 7.92. The molecule has 6 nitrogen and oxygen atoms in total. The molecule has 0 radical (unpaired) electrons. The molecule has 1 aliphatic rings. The molecular formula is C20H14O6. The second-order valence-electron chi connectivity index (χ2n) is 5.77. The maximum atomic E-state index is 12.0. The molecule has 2 aromatic carbocycles. The SMILES string of the molecule is Cc1cc(=O)oc2cc(OC(=O)/C=C/c3ccc4c(c3)OCO4)ccc12. The van der Waals surface area contributed by atoms with Gasteiger partial charge < -0.3 is 18.6 Å². The van der Waals surface area contributed by atoms with Gasteiger partial charge in [-0.05, 0) is 48.4 Å². The molecule has 0 saturated heterocycles. The Morgan fingerprint density at radius 3 is 2.81 bits per heavy atom. The van der Waals surface area contributed by atoms with Crippen molar-refractivity contribution in [3.05, 3.63) is 70.1 Å². The first kappa shape index (κ1) is 16.0. The molecule has 3 aromatic rings. The van der Waals surface area contributed by atoms with E-state index in [1.54, 1.807) is 30.3 Å². The minimum atomic E-state index is -0.544. The summed E-state index contributed by atoms with van der Waals surface area (Å²) < 4.78 is 21.0. The quantitative estimate of drug-likeness (QED) is 0.312. The largest absolute Gasteiger partial charge is 0.454 e. The first-order chi connectivity index (χ1) is 12.6. The molecule has 0 unspecified atom stereocenters. The Balaban J connectivity index is 1.51. The van der Waals surface area contributed by atoms with Gasteiger partial charge in [0.1, 0.15) is 11.3 Å². The zero-order valence-electron chi connectivity index (χ0n) is 13.9. The molecule has 0 amide bonds. The highest BCUT2D eigenvalue weighted by molar-refractivity contribution is 5.89. The average Bonchev–Trinajstić information content (AvgIpc) is 3.07. The van der Waals surface area contributed by atoms with Crippen LogP contribution >= 0.6 is 0 Å². The summed E-state index contributed by atoms with van der Waals surface area (Å²) in [5.41, 5.74) is 1.52. The van der Waals surface area contributed by atoms with Crippen molar-refractivity contribution >= 4 is 23.0 Å². The Labute approximate surface area is 148 Å². The lowest BCUT2D eigenvalue weighted by Gasteiger charge is -2.04. The van der Waals surface area contributed by atoms with Crippen molar-refractivity contribution in [1.29, 1.82) is 0 Å². The van der Waals surface area contributed by atoms with E-state index >= 15 is 0 Å². The van der Waals surface area contributed by atoms with Crippen molar-refractivity contribution in [2.24, 2.45) is 0 Å².